The average molecular weight is 390 g/mol. The lowest BCUT2D eigenvalue weighted by Gasteiger charge is -2.29. The quantitative estimate of drug-likeness (QED) is 0.364. The van der Waals surface area contributed by atoms with Crippen LogP contribution in [0.15, 0.2) is 28.9 Å². The third-order valence-electron chi connectivity index (χ3n) is 2.58. The second kappa shape index (κ2) is 9.48. The first-order valence-electron chi connectivity index (χ1n) is 8.29. The molecule has 1 atom stereocenters. The first-order valence-corrected chi connectivity index (χ1v) is 9.75. The predicted molar refractivity (Wildman–Crippen MR) is 95.1 cm³/mol. The van der Waals surface area contributed by atoms with Gasteiger partial charge in [-0.2, -0.15) is 0 Å². The molecule has 0 saturated heterocycles. The number of hydrogen-bond acceptors (Lipinski definition) is 8. The highest BCUT2D eigenvalue weighted by molar-refractivity contribution is 7.48. The maximum atomic E-state index is 12.9. The third kappa shape index (κ3) is 7.43. The summed E-state index contributed by atoms with van der Waals surface area (Å²) in [4.78, 5) is 12.4. The lowest BCUT2D eigenvalue weighted by Crippen LogP contribution is -2.42. The van der Waals surface area contributed by atoms with E-state index in [9.17, 15) is 14.5 Å². The van der Waals surface area contributed by atoms with Gasteiger partial charge in [-0.15, -0.1) is 0 Å². The van der Waals surface area contributed by atoms with Gasteiger partial charge in [0.2, 0.25) is 0 Å². The van der Waals surface area contributed by atoms with Gasteiger partial charge in [0.15, 0.2) is 0 Å². The van der Waals surface area contributed by atoms with Crippen molar-refractivity contribution in [1.29, 1.82) is 0 Å². The van der Waals surface area contributed by atoms with E-state index >= 15 is 0 Å². The summed E-state index contributed by atoms with van der Waals surface area (Å²) >= 11 is 0. The van der Waals surface area contributed by atoms with E-state index in [0.29, 0.717) is 5.76 Å². The summed E-state index contributed by atoms with van der Waals surface area (Å²) in [6, 6.07) is 3.22. The van der Waals surface area contributed by atoms with E-state index in [1.807, 2.05) is 0 Å². The Labute approximate surface area is 153 Å². The predicted octanol–water partition coefficient (Wildman–Crippen LogP) is 3.91. The van der Waals surface area contributed by atoms with Crippen molar-refractivity contribution >= 4 is 19.9 Å². The smallest absolute Gasteiger partial charge is 0.465 e. The molecule has 1 aromatic rings. The second-order valence-corrected chi connectivity index (χ2v) is 7.84. The standard InChI is InChI=1S/C17H27O8P/c1-12(2)22-16(18)17(19,10-9-15-8-7-11-21-15)25-26(20,23-13(3)4)24-14(5)6/h7-14,19H,1-6H3/b10-9+. The van der Waals surface area contributed by atoms with Crippen LogP contribution in [0.3, 0.4) is 0 Å². The van der Waals surface area contributed by atoms with Gasteiger partial charge in [-0.05, 0) is 65.8 Å². The molecule has 1 unspecified atom stereocenters. The maximum Gasteiger partial charge on any atom is 0.478 e. The zero-order chi connectivity index (χ0) is 20.0. The van der Waals surface area contributed by atoms with E-state index < -0.39 is 37.9 Å². The molecule has 1 N–H and O–H groups in total. The molecule has 0 aromatic carbocycles. The number of aliphatic hydroxyl groups is 1. The monoisotopic (exact) mass is 390 g/mol. The van der Waals surface area contributed by atoms with Crippen molar-refractivity contribution in [1.82, 2.24) is 0 Å². The topological polar surface area (TPSA) is 104 Å². The Morgan fingerprint density at radius 3 is 2.15 bits per heavy atom. The molecule has 0 aliphatic heterocycles. The van der Waals surface area contributed by atoms with E-state index in [0.717, 1.165) is 6.08 Å². The Morgan fingerprint density at radius 1 is 1.15 bits per heavy atom. The van der Waals surface area contributed by atoms with Crippen LogP contribution >= 0.6 is 7.82 Å². The van der Waals surface area contributed by atoms with E-state index in [4.69, 9.17) is 22.7 Å². The van der Waals surface area contributed by atoms with Crippen LogP contribution in [0.25, 0.3) is 6.08 Å². The largest absolute Gasteiger partial charge is 0.478 e. The van der Waals surface area contributed by atoms with Crippen molar-refractivity contribution in [2.75, 3.05) is 0 Å². The van der Waals surface area contributed by atoms with Gasteiger partial charge in [-0.25, -0.2) is 13.9 Å². The lowest BCUT2D eigenvalue weighted by atomic mass is 10.2. The molecule has 0 spiro atoms. The van der Waals surface area contributed by atoms with Gasteiger partial charge in [0.25, 0.3) is 5.79 Å². The molecule has 9 heteroatoms. The van der Waals surface area contributed by atoms with Crippen LogP contribution in [0, 0.1) is 0 Å². The van der Waals surface area contributed by atoms with Gasteiger partial charge in [0.1, 0.15) is 5.76 Å². The van der Waals surface area contributed by atoms with E-state index in [1.165, 1.54) is 12.3 Å². The zero-order valence-corrected chi connectivity index (χ0v) is 16.8. The maximum absolute atomic E-state index is 12.9. The Balaban J connectivity index is 3.19. The van der Waals surface area contributed by atoms with Gasteiger partial charge < -0.3 is 14.3 Å². The normalized spacial score (nSPS) is 15.2. The van der Waals surface area contributed by atoms with Crippen LogP contribution in [0.2, 0.25) is 0 Å². The number of esters is 1. The SMILES string of the molecule is CC(C)OC(=O)C(O)(/C=C/c1ccco1)OP(=O)(OC(C)C)OC(C)C. The number of carbonyl (C=O) groups excluding carboxylic acids is 1. The molecule has 1 aromatic heterocycles. The first kappa shape index (κ1) is 22.6. The van der Waals surface area contributed by atoms with Gasteiger partial charge in [0, 0.05) is 0 Å². The Kier molecular flexibility index (Phi) is 8.24. The van der Waals surface area contributed by atoms with E-state index in [2.05, 4.69) is 0 Å². The van der Waals surface area contributed by atoms with E-state index in [-0.39, 0.29) is 0 Å². The van der Waals surface area contributed by atoms with Crippen molar-refractivity contribution in [3.63, 3.8) is 0 Å². The fourth-order valence-electron chi connectivity index (χ4n) is 1.77. The number of ether oxygens (including phenoxy) is 1. The van der Waals surface area contributed by atoms with Gasteiger partial charge in [-0.1, -0.05) is 0 Å². The molecule has 0 aliphatic carbocycles. The van der Waals surface area contributed by atoms with Gasteiger partial charge in [-0.3, -0.25) is 9.05 Å². The van der Waals surface area contributed by atoms with Crippen LogP contribution in [0.5, 0.6) is 0 Å². The summed E-state index contributed by atoms with van der Waals surface area (Å²) in [5.74, 6) is -3.51. The highest BCUT2D eigenvalue weighted by Crippen LogP contribution is 2.54. The highest BCUT2D eigenvalue weighted by atomic mass is 31.2. The number of furan rings is 1. The molecule has 148 valence electrons. The van der Waals surface area contributed by atoms with Gasteiger partial charge >= 0.3 is 13.8 Å². The molecule has 26 heavy (non-hydrogen) atoms. The third-order valence-corrected chi connectivity index (χ3v) is 4.44. The first-order chi connectivity index (χ1) is 12.0. The Bertz CT molecular complexity index is 621. The van der Waals surface area contributed by atoms with Crippen molar-refractivity contribution in [2.45, 2.75) is 65.6 Å². The summed E-state index contributed by atoms with van der Waals surface area (Å²) in [5.41, 5.74) is 0. The zero-order valence-electron chi connectivity index (χ0n) is 15.9. The molecule has 0 radical (unpaired) electrons. The van der Waals surface area contributed by atoms with Crippen molar-refractivity contribution in [3.05, 3.63) is 30.2 Å². The molecular weight excluding hydrogens is 363 g/mol. The van der Waals surface area contributed by atoms with Crippen molar-refractivity contribution in [3.8, 4) is 0 Å². The number of phosphoric ester groups is 1. The fraction of sp³-hybridized carbons (Fsp3) is 0.588. The van der Waals surface area contributed by atoms with Crippen LogP contribution in [-0.2, 0) is 27.7 Å². The van der Waals surface area contributed by atoms with Crippen LogP contribution in [-0.4, -0.2) is 35.2 Å². The summed E-state index contributed by atoms with van der Waals surface area (Å²) in [7, 11) is -4.29. The number of phosphoric acid groups is 1. The minimum absolute atomic E-state index is 0.341. The molecule has 0 amide bonds. The molecule has 1 heterocycles. The molecule has 0 saturated carbocycles. The summed E-state index contributed by atoms with van der Waals surface area (Å²) in [6.07, 6.45) is 2.05. The highest BCUT2D eigenvalue weighted by Gasteiger charge is 2.47. The van der Waals surface area contributed by atoms with Crippen LogP contribution in [0.1, 0.15) is 47.3 Å². The minimum atomic E-state index is -4.29. The fourth-order valence-corrected chi connectivity index (χ4v) is 3.42. The summed E-state index contributed by atoms with van der Waals surface area (Å²) < 4.78 is 38.7. The van der Waals surface area contributed by atoms with E-state index in [1.54, 1.807) is 53.7 Å². The van der Waals surface area contributed by atoms with Gasteiger partial charge in [0.05, 0.1) is 24.6 Å². The van der Waals surface area contributed by atoms with Crippen LogP contribution in [0.4, 0.5) is 0 Å². The number of carbonyl (C=O) groups is 1. The minimum Gasteiger partial charge on any atom is -0.465 e. The average Bonchev–Trinajstić information content (AvgIpc) is 2.95. The molecule has 0 bridgehead atoms. The molecule has 0 aliphatic rings. The Morgan fingerprint density at radius 2 is 1.73 bits per heavy atom. The molecule has 8 nitrogen and oxygen atoms in total. The molecular formula is C17H27O8P. The van der Waals surface area contributed by atoms with Crippen molar-refractivity contribution < 1.29 is 37.2 Å². The van der Waals surface area contributed by atoms with Crippen LogP contribution < -0.4 is 0 Å². The molecule has 1 rings (SSSR count). The molecule has 0 fully saturated rings. The Hall–Kier alpha value is -1.44. The lowest BCUT2D eigenvalue weighted by molar-refractivity contribution is -0.195. The second-order valence-electron chi connectivity index (χ2n) is 6.35. The summed E-state index contributed by atoms with van der Waals surface area (Å²) in [6.45, 7) is 9.66. The number of hydrogen-bond donors (Lipinski definition) is 1. The summed E-state index contributed by atoms with van der Waals surface area (Å²) in [5, 5.41) is 10.7. The van der Waals surface area contributed by atoms with Crippen molar-refractivity contribution in [2.24, 2.45) is 0 Å². The number of rotatable bonds is 10.